The summed E-state index contributed by atoms with van der Waals surface area (Å²) in [5, 5.41) is 10.7. The summed E-state index contributed by atoms with van der Waals surface area (Å²) in [6.45, 7) is 5.02. The van der Waals surface area contributed by atoms with Gasteiger partial charge in [-0.25, -0.2) is 18.4 Å². The predicted molar refractivity (Wildman–Crippen MR) is 181 cm³/mol. The van der Waals surface area contributed by atoms with Gasteiger partial charge in [-0.2, -0.15) is 0 Å². The summed E-state index contributed by atoms with van der Waals surface area (Å²) in [6, 6.07) is 19.3. The van der Waals surface area contributed by atoms with E-state index < -0.39 is 58.2 Å². The average Bonchev–Trinajstić information content (AvgIpc) is 3.57. The number of carbonyl (C=O) groups is 3. The quantitative estimate of drug-likeness (QED) is 0.172. The lowest BCUT2D eigenvalue weighted by molar-refractivity contribution is -0.145. The van der Waals surface area contributed by atoms with Gasteiger partial charge < -0.3 is 15.6 Å². The van der Waals surface area contributed by atoms with E-state index in [1.807, 2.05) is 30.3 Å². The van der Waals surface area contributed by atoms with Crippen LogP contribution >= 0.6 is 0 Å². The first kappa shape index (κ1) is 35.0. The molecule has 0 radical (unpaired) electrons. The van der Waals surface area contributed by atoms with Crippen molar-refractivity contribution in [2.24, 2.45) is 5.92 Å². The van der Waals surface area contributed by atoms with Crippen molar-refractivity contribution in [2.45, 2.75) is 70.6 Å². The van der Waals surface area contributed by atoms with Crippen LogP contribution in [-0.4, -0.2) is 44.1 Å². The van der Waals surface area contributed by atoms with Crippen molar-refractivity contribution in [3.05, 3.63) is 129 Å². The number of amides is 1. The first-order chi connectivity index (χ1) is 23.2. The molecule has 4 aromatic rings. The zero-order valence-corrected chi connectivity index (χ0v) is 27.6. The Balaban J connectivity index is 1.51. The molecule has 1 heterocycles. The highest BCUT2D eigenvalue weighted by atomic mass is 19.1. The van der Waals surface area contributed by atoms with Gasteiger partial charge in [-0.05, 0) is 81.0 Å². The van der Waals surface area contributed by atoms with Gasteiger partial charge >= 0.3 is 12.1 Å². The number of hydrogen-bond acceptors (Lipinski definition) is 6. The third-order valence-corrected chi connectivity index (χ3v) is 8.75. The van der Waals surface area contributed by atoms with Gasteiger partial charge in [-0.3, -0.25) is 19.1 Å². The highest BCUT2D eigenvalue weighted by molar-refractivity contribution is 6.11. The van der Waals surface area contributed by atoms with E-state index in [9.17, 15) is 33.1 Å². The second-order valence-electron chi connectivity index (χ2n) is 13.3. The Labute approximate surface area is 282 Å². The van der Waals surface area contributed by atoms with E-state index >= 15 is 0 Å². The van der Waals surface area contributed by atoms with Gasteiger partial charge in [0.2, 0.25) is 0 Å². The van der Waals surface area contributed by atoms with E-state index in [-0.39, 0.29) is 29.5 Å². The van der Waals surface area contributed by atoms with Gasteiger partial charge in [0.15, 0.2) is 5.78 Å². The van der Waals surface area contributed by atoms with Gasteiger partial charge in [-0.1, -0.05) is 55.3 Å². The van der Waals surface area contributed by atoms with Gasteiger partial charge in [-0.15, -0.1) is 0 Å². The molecule has 256 valence electrons. The zero-order chi connectivity index (χ0) is 35.5. The number of anilines is 1. The molecule has 0 spiro atoms. The fourth-order valence-electron chi connectivity index (χ4n) is 6.56. The zero-order valence-electron chi connectivity index (χ0n) is 27.6. The Morgan fingerprint density at radius 1 is 0.939 bits per heavy atom. The van der Waals surface area contributed by atoms with Crippen molar-refractivity contribution in [1.29, 1.82) is 0 Å². The fourth-order valence-corrected chi connectivity index (χ4v) is 6.56. The summed E-state index contributed by atoms with van der Waals surface area (Å²) in [5.41, 5.74) is 5.91. The van der Waals surface area contributed by atoms with Crippen molar-refractivity contribution in [3.63, 3.8) is 0 Å². The van der Waals surface area contributed by atoms with E-state index in [1.54, 1.807) is 45.0 Å². The van der Waals surface area contributed by atoms with Crippen LogP contribution in [0.3, 0.4) is 0 Å². The first-order valence-electron chi connectivity index (χ1n) is 16.1. The number of aliphatic carboxylic acids is 1. The van der Waals surface area contributed by atoms with Crippen molar-refractivity contribution in [2.75, 3.05) is 5.73 Å². The molecule has 3 aromatic carbocycles. The summed E-state index contributed by atoms with van der Waals surface area (Å²) < 4.78 is 34.7. The Morgan fingerprint density at radius 3 is 2.16 bits per heavy atom. The number of rotatable bonds is 10. The lowest BCUT2D eigenvalue weighted by atomic mass is 9.78. The van der Waals surface area contributed by atoms with E-state index in [2.05, 4.69) is 0 Å². The molecule has 49 heavy (non-hydrogen) atoms. The number of hydrogen-bond donors (Lipinski definition) is 2. The van der Waals surface area contributed by atoms with Crippen molar-refractivity contribution in [3.8, 4) is 5.69 Å². The van der Waals surface area contributed by atoms with Crippen LogP contribution in [0.1, 0.15) is 79.4 Å². The van der Waals surface area contributed by atoms with Crippen molar-refractivity contribution < 1.29 is 33.0 Å². The minimum Gasteiger partial charge on any atom is -0.480 e. The number of nitrogens with zero attached hydrogens (tertiary/aromatic N) is 2. The smallest absolute Gasteiger partial charge is 0.411 e. The Morgan fingerprint density at radius 2 is 1.57 bits per heavy atom. The van der Waals surface area contributed by atoms with Gasteiger partial charge in [0.1, 0.15) is 29.1 Å². The highest BCUT2D eigenvalue weighted by Gasteiger charge is 2.43. The molecule has 1 aromatic heterocycles. The number of ether oxygens (including phenoxy) is 1. The minimum absolute atomic E-state index is 0.0454. The van der Waals surface area contributed by atoms with Gasteiger partial charge in [0, 0.05) is 24.6 Å². The Bertz CT molecular complexity index is 1900. The number of halogens is 2. The summed E-state index contributed by atoms with van der Waals surface area (Å²) in [4.78, 5) is 54.3. The molecular formula is C38H39F2N3O6. The number of ketones is 1. The van der Waals surface area contributed by atoms with Crippen LogP contribution in [0.15, 0.2) is 89.7 Å². The minimum atomic E-state index is -1.24. The molecule has 1 amide bonds. The Hall–Kier alpha value is -5.32. The Kier molecular flexibility index (Phi) is 10.3. The molecule has 2 unspecified atom stereocenters. The number of pyridine rings is 1. The fraction of sp³-hybridized carbons (Fsp3) is 0.316. The number of nitrogens with two attached hydrogens (primary N) is 1. The van der Waals surface area contributed by atoms with Crippen LogP contribution < -0.4 is 11.3 Å². The van der Waals surface area contributed by atoms with Gasteiger partial charge in [0.05, 0.1) is 16.8 Å². The van der Waals surface area contributed by atoms with E-state index in [0.29, 0.717) is 11.6 Å². The third-order valence-electron chi connectivity index (χ3n) is 8.75. The molecule has 9 nitrogen and oxygen atoms in total. The SMILES string of the molecule is CC(C)(C)OC(=O)N(Cc1ccc(-n2c(N)c(C(=O)c3ccc(F)cc3F)ccc2=O)cc1)C(C(=O)O)C(c1ccccc1)C1CCCC1. The number of carbonyl (C=O) groups excluding carboxylic acids is 2. The molecule has 5 rings (SSSR count). The molecule has 0 bridgehead atoms. The van der Waals surface area contributed by atoms with Crippen LogP contribution in [-0.2, 0) is 16.1 Å². The molecule has 0 saturated heterocycles. The molecule has 1 saturated carbocycles. The van der Waals surface area contributed by atoms with Crippen LogP contribution in [0.5, 0.6) is 0 Å². The molecular weight excluding hydrogens is 632 g/mol. The van der Waals surface area contributed by atoms with E-state index in [1.165, 1.54) is 11.0 Å². The standard InChI is InChI=1S/C38H39F2N3O6/c1-38(2,3)49-37(48)42(33(36(46)47)32(25-11-7-8-12-25)24-9-5-4-6-10-24)22-23-13-16-27(17-14-23)43-31(44)20-19-29(35(43)41)34(45)28-18-15-26(39)21-30(28)40/h4-6,9-10,13-21,25,32-33H,7-8,11-12,22,41H2,1-3H3,(H,46,47). The summed E-state index contributed by atoms with van der Waals surface area (Å²) in [6.07, 6.45) is 2.85. The summed E-state index contributed by atoms with van der Waals surface area (Å²) in [7, 11) is 0. The van der Waals surface area contributed by atoms with Crippen LogP contribution in [0.4, 0.5) is 19.4 Å². The normalized spacial score (nSPS) is 14.6. The number of benzene rings is 3. The number of carboxylic acids is 1. The molecule has 1 aliphatic rings. The highest BCUT2D eigenvalue weighted by Crippen LogP contribution is 2.42. The average molecular weight is 672 g/mol. The second-order valence-corrected chi connectivity index (χ2v) is 13.3. The van der Waals surface area contributed by atoms with Crippen molar-refractivity contribution in [1.82, 2.24) is 9.47 Å². The topological polar surface area (TPSA) is 132 Å². The number of aromatic nitrogens is 1. The number of carboxylic acid groups (broad SMARTS) is 1. The maximum Gasteiger partial charge on any atom is 0.411 e. The van der Waals surface area contributed by atoms with Gasteiger partial charge in [0.25, 0.3) is 5.56 Å². The van der Waals surface area contributed by atoms with Crippen LogP contribution in [0.2, 0.25) is 0 Å². The lowest BCUT2D eigenvalue weighted by Crippen LogP contribution is -2.51. The summed E-state index contributed by atoms with van der Waals surface area (Å²) >= 11 is 0. The summed E-state index contributed by atoms with van der Waals surface area (Å²) in [5.74, 6) is -4.59. The maximum absolute atomic E-state index is 14.4. The van der Waals surface area contributed by atoms with E-state index in [4.69, 9.17) is 10.5 Å². The lowest BCUT2D eigenvalue weighted by Gasteiger charge is -2.38. The first-order valence-corrected chi connectivity index (χ1v) is 16.1. The van der Waals surface area contributed by atoms with Crippen LogP contribution in [0.25, 0.3) is 5.69 Å². The largest absolute Gasteiger partial charge is 0.480 e. The molecule has 1 aliphatic carbocycles. The second kappa shape index (κ2) is 14.4. The molecule has 2 atom stereocenters. The molecule has 11 heteroatoms. The molecule has 1 fully saturated rings. The maximum atomic E-state index is 14.4. The predicted octanol–water partition coefficient (Wildman–Crippen LogP) is 7.09. The van der Waals surface area contributed by atoms with Crippen LogP contribution in [0, 0.1) is 17.6 Å². The van der Waals surface area contributed by atoms with E-state index in [0.717, 1.165) is 54.0 Å². The third kappa shape index (κ3) is 7.88. The number of nitrogen functional groups attached to an aromatic ring is 1. The monoisotopic (exact) mass is 671 g/mol. The molecule has 3 N–H and O–H groups in total. The molecule has 0 aliphatic heterocycles. The van der Waals surface area contributed by atoms with Crippen molar-refractivity contribution >= 4 is 23.7 Å².